The smallest absolute Gasteiger partial charge is 0.272 e. The maximum absolute atomic E-state index is 12.2. The lowest BCUT2D eigenvalue weighted by Gasteiger charge is -2.16. The van der Waals surface area contributed by atoms with Gasteiger partial charge in [-0.25, -0.2) is 8.78 Å². The minimum atomic E-state index is -0.936. The molecule has 2 saturated heterocycles. The second-order valence-electron chi connectivity index (χ2n) is 4.76. The molecule has 24 heavy (non-hydrogen) atoms. The van der Waals surface area contributed by atoms with E-state index in [0.717, 1.165) is 17.3 Å². The summed E-state index contributed by atoms with van der Waals surface area (Å²) >= 11 is 0. The van der Waals surface area contributed by atoms with Gasteiger partial charge in [-0.3, -0.25) is 15.4 Å². The summed E-state index contributed by atoms with van der Waals surface area (Å²) < 4.78 is 45.7. The van der Waals surface area contributed by atoms with E-state index in [1.54, 1.807) is 0 Å². The summed E-state index contributed by atoms with van der Waals surface area (Å²) in [5.41, 5.74) is -0.222. The number of rotatable bonds is 1. The molecule has 0 aliphatic carbocycles. The zero-order valence-corrected chi connectivity index (χ0v) is 13.0. The Labute approximate surface area is 137 Å². The topological polar surface area (TPSA) is 76.9 Å². The highest BCUT2D eigenvalue weighted by Crippen LogP contribution is 2.10. The first-order valence-corrected chi connectivity index (χ1v) is 7.32. The van der Waals surface area contributed by atoms with E-state index in [4.69, 9.17) is 9.47 Å². The SMILES string of the molecule is FC1COCCN1.FN1CCOCC1.O=[N+]([O-])c1cccc(F)c1. The standard InChI is InChI=1S/C6H4FNO2.2C4H8FNO/c7-5-2-1-3-6(4-5)8(9)10;5-6-1-3-7-4-2-6;5-4-3-7-2-1-6-4/h1-4H;1-4H2;4,6H,1-3H2. The maximum atomic E-state index is 12.2. The molecule has 1 N–H and O–H groups in total. The van der Waals surface area contributed by atoms with Crippen LogP contribution in [-0.2, 0) is 9.47 Å². The molecule has 0 radical (unpaired) electrons. The molecular weight excluding hydrogens is 331 g/mol. The van der Waals surface area contributed by atoms with Gasteiger partial charge in [-0.05, 0) is 6.07 Å². The van der Waals surface area contributed by atoms with Crippen molar-refractivity contribution in [2.24, 2.45) is 0 Å². The number of hydrogen-bond acceptors (Lipinski definition) is 6. The van der Waals surface area contributed by atoms with Crippen LogP contribution in [-0.4, -0.2) is 62.4 Å². The number of nitrogens with one attached hydrogen (secondary N) is 1. The van der Waals surface area contributed by atoms with Crippen LogP contribution in [0.15, 0.2) is 24.3 Å². The Morgan fingerprint density at radius 2 is 1.96 bits per heavy atom. The number of halogens is 3. The van der Waals surface area contributed by atoms with Gasteiger partial charge in [-0.2, -0.15) is 0 Å². The normalized spacial score (nSPS) is 20.9. The van der Waals surface area contributed by atoms with Crippen molar-refractivity contribution in [2.45, 2.75) is 6.30 Å². The number of nitrogens with zero attached hydrogens (tertiary/aromatic N) is 2. The van der Waals surface area contributed by atoms with Crippen molar-refractivity contribution in [3.8, 4) is 0 Å². The average Bonchev–Trinajstić information content (AvgIpc) is 2.57. The van der Waals surface area contributed by atoms with Crippen LogP contribution in [0, 0.1) is 15.9 Å². The van der Waals surface area contributed by atoms with E-state index in [1.165, 1.54) is 12.1 Å². The first-order valence-electron chi connectivity index (χ1n) is 7.32. The molecule has 10 heteroatoms. The van der Waals surface area contributed by atoms with E-state index in [0.29, 0.717) is 39.5 Å². The van der Waals surface area contributed by atoms with Gasteiger partial charge < -0.3 is 9.47 Å². The Hall–Kier alpha value is -1.75. The summed E-state index contributed by atoms with van der Waals surface area (Å²) in [6.07, 6.45) is -0.936. The molecule has 0 saturated carbocycles. The lowest BCUT2D eigenvalue weighted by Crippen LogP contribution is -2.37. The largest absolute Gasteiger partial charge is 0.379 e. The molecule has 1 aromatic carbocycles. The van der Waals surface area contributed by atoms with Crippen LogP contribution in [0.25, 0.3) is 0 Å². The van der Waals surface area contributed by atoms with Crippen molar-refractivity contribution >= 4 is 5.69 Å². The van der Waals surface area contributed by atoms with Gasteiger partial charge in [0.25, 0.3) is 5.69 Å². The summed E-state index contributed by atoms with van der Waals surface area (Å²) in [5.74, 6) is -0.589. The Morgan fingerprint density at radius 1 is 1.25 bits per heavy atom. The summed E-state index contributed by atoms with van der Waals surface area (Å²) in [6, 6.07) is 4.57. The third kappa shape index (κ3) is 9.40. The molecule has 2 heterocycles. The quantitative estimate of drug-likeness (QED) is 0.360. The fraction of sp³-hybridized carbons (Fsp3) is 0.571. The fourth-order valence-electron chi connectivity index (χ4n) is 1.66. The number of benzene rings is 1. The molecule has 0 amide bonds. The van der Waals surface area contributed by atoms with Crippen LogP contribution < -0.4 is 5.32 Å². The molecule has 3 rings (SSSR count). The molecule has 1 unspecified atom stereocenters. The summed E-state index contributed by atoms with van der Waals surface area (Å²) in [7, 11) is 0. The molecule has 0 bridgehead atoms. The Bertz CT molecular complexity index is 468. The Morgan fingerprint density at radius 3 is 2.29 bits per heavy atom. The molecule has 2 fully saturated rings. The van der Waals surface area contributed by atoms with Gasteiger partial charge in [-0.1, -0.05) is 6.07 Å². The highest BCUT2D eigenvalue weighted by molar-refractivity contribution is 5.29. The number of nitro benzene ring substituents is 1. The average molecular weight is 351 g/mol. The highest BCUT2D eigenvalue weighted by Gasteiger charge is 2.08. The molecule has 2 aliphatic heterocycles. The third-order valence-electron chi connectivity index (χ3n) is 2.85. The molecule has 1 aromatic rings. The molecule has 0 spiro atoms. The van der Waals surface area contributed by atoms with Gasteiger partial charge in [-0.15, -0.1) is 9.60 Å². The van der Waals surface area contributed by atoms with Crippen molar-refractivity contribution in [3.05, 3.63) is 40.2 Å². The lowest BCUT2D eigenvalue weighted by molar-refractivity contribution is -0.385. The van der Waals surface area contributed by atoms with Crippen molar-refractivity contribution < 1.29 is 27.7 Å². The first kappa shape index (κ1) is 20.3. The number of nitro groups is 1. The summed E-state index contributed by atoms with van der Waals surface area (Å²) in [4.78, 5) is 9.36. The summed E-state index contributed by atoms with van der Waals surface area (Å²) in [5, 5.41) is 13.3. The van der Waals surface area contributed by atoms with Crippen LogP contribution in [0.2, 0.25) is 0 Å². The number of hydrogen-bond donors (Lipinski definition) is 1. The van der Waals surface area contributed by atoms with E-state index in [-0.39, 0.29) is 12.3 Å². The van der Waals surface area contributed by atoms with Crippen LogP contribution in [0.4, 0.5) is 18.9 Å². The zero-order chi connectivity index (χ0) is 17.8. The van der Waals surface area contributed by atoms with Crippen LogP contribution in [0.5, 0.6) is 0 Å². The molecule has 0 aromatic heterocycles. The molecule has 2 aliphatic rings. The first-order chi connectivity index (χ1) is 11.5. The van der Waals surface area contributed by atoms with E-state index in [2.05, 4.69) is 5.32 Å². The molecular formula is C14H20F3N3O4. The summed E-state index contributed by atoms with van der Waals surface area (Å²) in [6.45, 7) is 3.43. The number of morpholine rings is 2. The Kier molecular flexibility index (Phi) is 9.92. The third-order valence-corrected chi connectivity index (χ3v) is 2.85. The second kappa shape index (κ2) is 11.7. The van der Waals surface area contributed by atoms with Crippen molar-refractivity contribution in [1.82, 2.24) is 10.4 Å². The van der Waals surface area contributed by atoms with Gasteiger partial charge in [0.05, 0.1) is 50.5 Å². The molecule has 136 valence electrons. The predicted octanol–water partition coefficient (Wildman–Crippen LogP) is 1.84. The van der Waals surface area contributed by atoms with E-state index >= 15 is 0 Å². The van der Waals surface area contributed by atoms with Gasteiger partial charge in [0.1, 0.15) is 5.82 Å². The zero-order valence-electron chi connectivity index (χ0n) is 13.0. The fourth-order valence-corrected chi connectivity index (χ4v) is 1.66. The van der Waals surface area contributed by atoms with Crippen LogP contribution in [0.3, 0.4) is 0 Å². The van der Waals surface area contributed by atoms with Crippen molar-refractivity contribution in [3.63, 3.8) is 0 Å². The monoisotopic (exact) mass is 351 g/mol. The minimum Gasteiger partial charge on any atom is -0.379 e. The number of non-ortho nitro benzene ring substituents is 1. The number of alkyl halides is 1. The van der Waals surface area contributed by atoms with Gasteiger partial charge >= 0.3 is 0 Å². The van der Waals surface area contributed by atoms with Crippen LogP contribution >= 0.6 is 0 Å². The Balaban J connectivity index is 0.000000185. The molecule has 1 atom stereocenters. The van der Waals surface area contributed by atoms with E-state index in [9.17, 15) is 23.4 Å². The van der Waals surface area contributed by atoms with Crippen LogP contribution in [0.1, 0.15) is 0 Å². The number of ether oxygens (including phenoxy) is 2. The van der Waals surface area contributed by atoms with Crippen molar-refractivity contribution in [1.29, 1.82) is 0 Å². The second-order valence-corrected chi connectivity index (χ2v) is 4.76. The lowest BCUT2D eigenvalue weighted by atomic mass is 10.3. The highest BCUT2D eigenvalue weighted by atomic mass is 19.2. The maximum Gasteiger partial charge on any atom is 0.272 e. The predicted molar refractivity (Wildman–Crippen MR) is 80.3 cm³/mol. The minimum absolute atomic E-state index is 0.208. The van der Waals surface area contributed by atoms with Gasteiger partial charge in [0, 0.05) is 12.6 Å². The van der Waals surface area contributed by atoms with Gasteiger partial charge in [0.2, 0.25) is 0 Å². The van der Waals surface area contributed by atoms with Crippen molar-refractivity contribution in [2.75, 3.05) is 46.1 Å². The van der Waals surface area contributed by atoms with E-state index in [1.807, 2.05) is 0 Å². The molecule has 7 nitrogen and oxygen atoms in total. The van der Waals surface area contributed by atoms with E-state index < -0.39 is 17.0 Å². The van der Waals surface area contributed by atoms with Gasteiger partial charge in [0.15, 0.2) is 6.30 Å².